The summed E-state index contributed by atoms with van der Waals surface area (Å²) in [6.45, 7) is 1.58. The zero-order chi connectivity index (χ0) is 17.1. The van der Waals surface area contributed by atoms with Crippen molar-refractivity contribution in [1.29, 1.82) is 0 Å². The monoisotopic (exact) mass is 331 g/mol. The van der Waals surface area contributed by atoms with Crippen LogP contribution in [0.1, 0.15) is 30.0 Å². The van der Waals surface area contributed by atoms with Crippen LogP contribution in [0.3, 0.4) is 0 Å². The van der Waals surface area contributed by atoms with E-state index < -0.39 is 0 Å². The van der Waals surface area contributed by atoms with Gasteiger partial charge in [-0.25, -0.2) is 0 Å². The summed E-state index contributed by atoms with van der Waals surface area (Å²) in [5.74, 6) is 0.492. The quantitative estimate of drug-likeness (QED) is 0.737. The number of nitrogens with zero attached hydrogens (tertiary/aromatic N) is 3. The molecule has 1 saturated heterocycles. The zero-order valence-corrected chi connectivity index (χ0v) is 14.1. The molecule has 4 heteroatoms. The van der Waals surface area contributed by atoms with E-state index >= 15 is 0 Å². The van der Waals surface area contributed by atoms with Crippen LogP contribution in [0, 0.1) is 0 Å². The Morgan fingerprint density at radius 1 is 1.12 bits per heavy atom. The number of piperidine rings is 1. The smallest absolute Gasteiger partial charge is 0.227 e. The van der Waals surface area contributed by atoms with Gasteiger partial charge in [-0.05, 0) is 29.2 Å². The average molecular weight is 331 g/mol. The first-order valence-electron chi connectivity index (χ1n) is 8.81. The van der Waals surface area contributed by atoms with Crippen LogP contribution in [0.25, 0.3) is 10.8 Å². The highest BCUT2D eigenvalue weighted by atomic mass is 16.2. The molecule has 4 nitrogen and oxygen atoms in total. The maximum atomic E-state index is 12.8. The molecule has 1 unspecified atom stereocenters. The molecular weight excluding hydrogens is 310 g/mol. The van der Waals surface area contributed by atoms with E-state index in [4.69, 9.17) is 0 Å². The van der Waals surface area contributed by atoms with Gasteiger partial charge >= 0.3 is 0 Å². The van der Waals surface area contributed by atoms with E-state index in [9.17, 15) is 4.79 Å². The summed E-state index contributed by atoms with van der Waals surface area (Å²) in [4.78, 5) is 23.3. The molecule has 3 aromatic rings. The fraction of sp³-hybridized carbons (Fsp3) is 0.286. The number of aromatic nitrogens is 2. The first-order valence-corrected chi connectivity index (χ1v) is 8.81. The summed E-state index contributed by atoms with van der Waals surface area (Å²) >= 11 is 0. The Balaban J connectivity index is 1.46. The summed E-state index contributed by atoms with van der Waals surface area (Å²) in [5.41, 5.74) is 2.07. The van der Waals surface area contributed by atoms with Crippen molar-refractivity contribution >= 4 is 16.7 Å². The van der Waals surface area contributed by atoms with Crippen molar-refractivity contribution in [2.24, 2.45) is 0 Å². The molecule has 1 aromatic heterocycles. The minimum absolute atomic E-state index is 0.198. The van der Waals surface area contributed by atoms with Gasteiger partial charge in [0.1, 0.15) is 0 Å². The van der Waals surface area contributed by atoms with Crippen molar-refractivity contribution in [3.05, 3.63) is 72.3 Å². The molecule has 0 radical (unpaired) electrons. The third-order valence-electron chi connectivity index (χ3n) is 4.94. The molecule has 126 valence electrons. The van der Waals surface area contributed by atoms with E-state index in [1.807, 2.05) is 23.2 Å². The Morgan fingerprint density at radius 3 is 2.84 bits per heavy atom. The Labute approximate surface area is 147 Å². The Morgan fingerprint density at radius 2 is 2.00 bits per heavy atom. The number of rotatable bonds is 3. The Hall–Kier alpha value is -2.75. The second-order valence-electron chi connectivity index (χ2n) is 6.67. The van der Waals surface area contributed by atoms with Crippen LogP contribution in [0.2, 0.25) is 0 Å². The van der Waals surface area contributed by atoms with E-state index in [0.29, 0.717) is 12.3 Å². The SMILES string of the molecule is O=C(Cc1ccc2ccccc2c1)N1CCCC(c2cnccn2)C1. The van der Waals surface area contributed by atoms with E-state index in [2.05, 4.69) is 40.3 Å². The van der Waals surface area contributed by atoms with Crippen LogP contribution < -0.4 is 0 Å². The maximum absolute atomic E-state index is 12.8. The predicted molar refractivity (Wildman–Crippen MR) is 98.2 cm³/mol. The van der Waals surface area contributed by atoms with Crippen LogP contribution in [-0.4, -0.2) is 33.9 Å². The number of hydrogen-bond donors (Lipinski definition) is 0. The van der Waals surface area contributed by atoms with Crippen molar-refractivity contribution < 1.29 is 4.79 Å². The summed E-state index contributed by atoms with van der Waals surface area (Å²) in [7, 11) is 0. The first-order chi connectivity index (χ1) is 12.3. The summed E-state index contributed by atoms with van der Waals surface area (Å²) < 4.78 is 0. The lowest BCUT2D eigenvalue weighted by atomic mass is 9.94. The van der Waals surface area contributed by atoms with Crippen LogP contribution in [0.4, 0.5) is 0 Å². The highest BCUT2D eigenvalue weighted by Gasteiger charge is 2.25. The Kier molecular flexibility index (Phi) is 4.42. The maximum Gasteiger partial charge on any atom is 0.227 e. The predicted octanol–water partition coefficient (Wildman–Crippen LogP) is 3.58. The number of fused-ring (bicyclic) bond motifs is 1. The van der Waals surface area contributed by atoms with Gasteiger partial charge in [0.25, 0.3) is 0 Å². The zero-order valence-electron chi connectivity index (χ0n) is 14.1. The van der Waals surface area contributed by atoms with Gasteiger partial charge in [-0.1, -0.05) is 42.5 Å². The van der Waals surface area contributed by atoms with Crippen molar-refractivity contribution in [2.45, 2.75) is 25.2 Å². The number of hydrogen-bond acceptors (Lipinski definition) is 3. The van der Waals surface area contributed by atoms with Crippen molar-refractivity contribution in [3.8, 4) is 0 Å². The van der Waals surface area contributed by atoms with E-state index in [1.165, 1.54) is 10.8 Å². The largest absolute Gasteiger partial charge is 0.342 e. The molecule has 1 atom stereocenters. The van der Waals surface area contributed by atoms with Crippen LogP contribution in [0.15, 0.2) is 61.1 Å². The summed E-state index contributed by atoms with van der Waals surface area (Å²) in [6.07, 6.45) is 7.78. The number of carbonyl (C=O) groups excluding carboxylic acids is 1. The molecule has 0 aliphatic carbocycles. The van der Waals surface area contributed by atoms with Crippen LogP contribution >= 0.6 is 0 Å². The number of likely N-dealkylation sites (tertiary alicyclic amines) is 1. The van der Waals surface area contributed by atoms with Gasteiger partial charge in [0.15, 0.2) is 0 Å². The highest BCUT2D eigenvalue weighted by molar-refractivity contribution is 5.85. The van der Waals surface area contributed by atoms with Gasteiger partial charge < -0.3 is 4.90 Å². The molecule has 2 aromatic carbocycles. The standard InChI is InChI=1S/C21H21N3O/c25-21(13-16-7-8-17-4-1-2-5-18(17)12-16)24-11-3-6-19(15-24)20-14-22-9-10-23-20/h1-2,4-5,7-10,12,14,19H,3,6,11,13,15H2. The van der Waals surface area contributed by atoms with E-state index in [-0.39, 0.29) is 5.91 Å². The molecule has 0 N–H and O–H groups in total. The van der Waals surface area contributed by atoms with Gasteiger partial charge in [-0.3, -0.25) is 14.8 Å². The molecule has 1 amide bonds. The number of carbonyl (C=O) groups is 1. The van der Waals surface area contributed by atoms with Crippen molar-refractivity contribution in [2.75, 3.05) is 13.1 Å². The molecular formula is C21H21N3O. The van der Waals surface area contributed by atoms with Gasteiger partial charge in [0.2, 0.25) is 5.91 Å². The average Bonchev–Trinajstić information content (AvgIpc) is 2.69. The third-order valence-corrected chi connectivity index (χ3v) is 4.94. The minimum atomic E-state index is 0.198. The van der Waals surface area contributed by atoms with Crippen molar-refractivity contribution in [3.63, 3.8) is 0 Å². The van der Waals surface area contributed by atoms with Gasteiger partial charge in [-0.15, -0.1) is 0 Å². The lowest BCUT2D eigenvalue weighted by Crippen LogP contribution is -2.40. The van der Waals surface area contributed by atoms with E-state index in [1.54, 1.807) is 12.4 Å². The highest BCUT2D eigenvalue weighted by Crippen LogP contribution is 2.25. The number of amides is 1. The summed E-state index contributed by atoms with van der Waals surface area (Å²) in [6, 6.07) is 14.5. The van der Waals surface area contributed by atoms with Gasteiger partial charge in [0.05, 0.1) is 12.1 Å². The molecule has 2 heterocycles. The van der Waals surface area contributed by atoms with Crippen LogP contribution in [-0.2, 0) is 11.2 Å². The normalized spacial score (nSPS) is 17.6. The third kappa shape index (κ3) is 3.53. The minimum Gasteiger partial charge on any atom is -0.342 e. The Bertz CT molecular complexity index is 878. The molecule has 0 spiro atoms. The molecule has 1 fully saturated rings. The lowest BCUT2D eigenvalue weighted by Gasteiger charge is -2.32. The lowest BCUT2D eigenvalue weighted by molar-refractivity contribution is -0.131. The molecule has 4 rings (SSSR count). The first kappa shape index (κ1) is 15.8. The van der Waals surface area contributed by atoms with Crippen molar-refractivity contribution in [1.82, 2.24) is 14.9 Å². The second kappa shape index (κ2) is 7.01. The van der Waals surface area contributed by atoms with Gasteiger partial charge in [0, 0.05) is 37.6 Å². The summed E-state index contributed by atoms with van der Waals surface area (Å²) in [5, 5.41) is 2.39. The number of benzene rings is 2. The molecule has 1 aliphatic rings. The van der Waals surface area contributed by atoms with Gasteiger partial charge in [-0.2, -0.15) is 0 Å². The second-order valence-corrected chi connectivity index (χ2v) is 6.67. The molecule has 0 saturated carbocycles. The van der Waals surface area contributed by atoms with E-state index in [0.717, 1.165) is 37.2 Å². The fourth-order valence-electron chi connectivity index (χ4n) is 3.60. The topological polar surface area (TPSA) is 46.1 Å². The van der Waals surface area contributed by atoms with Crippen LogP contribution in [0.5, 0.6) is 0 Å². The molecule has 0 bridgehead atoms. The molecule has 25 heavy (non-hydrogen) atoms. The molecule has 1 aliphatic heterocycles. The fourth-order valence-corrected chi connectivity index (χ4v) is 3.60.